The number of nitrogens with one attached hydrogen (secondary N) is 2. The van der Waals surface area contributed by atoms with Gasteiger partial charge in [0.25, 0.3) is 0 Å². The van der Waals surface area contributed by atoms with Crippen molar-refractivity contribution in [1.82, 2.24) is 15.5 Å². The molecule has 3 amide bonds. The fraction of sp³-hybridized carbons (Fsp3) is 0.625. The van der Waals surface area contributed by atoms with Crippen molar-refractivity contribution < 1.29 is 19.1 Å². The second-order valence-electron chi connectivity index (χ2n) is 9.60. The Labute approximate surface area is 184 Å². The summed E-state index contributed by atoms with van der Waals surface area (Å²) >= 11 is 0. The lowest BCUT2D eigenvalue weighted by Gasteiger charge is -2.34. The minimum atomic E-state index is -0.911. The second kappa shape index (κ2) is 10.3. The first-order valence-corrected chi connectivity index (χ1v) is 11.3. The molecule has 1 aliphatic heterocycles. The topological polar surface area (TPSA) is 87.7 Å². The Kier molecular flexibility index (Phi) is 7.70. The Bertz CT molecular complexity index is 763. The third kappa shape index (κ3) is 6.53. The number of nitrogens with zero attached hydrogens (tertiary/aromatic N) is 1. The summed E-state index contributed by atoms with van der Waals surface area (Å²) < 4.78 is 5.76. The molecule has 0 spiro atoms. The first kappa shape index (κ1) is 23.3. The van der Waals surface area contributed by atoms with Gasteiger partial charge in [-0.2, -0.15) is 0 Å². The van der Waals surface area contributed by atoms with E-state index in [4.69, 9.17) is 4.74 Å². The van der Waals surface area contributed by atoms with Gasteiger partial charge < -0.3 is 20.3 Å². The minimum absolute atomic E-state index is 0.0274. The number of hydrogen-bond donors (Lipinski definition) is 2. The lowest BCUT2D eigenvalue weighted by molar-refractivity contribution is -0.151. The Morgan fingerprint density at radius 3 is 2.32 bits per heavy atom. The molecule has 1 aromatic rings. The molecule has 0 aromatic heterocycles. The van der Waals surface area contributed by atoms with Crippen LogP contribution in [0.2, 0.25) is 0 Å². The summed E-state index contributed by atoms with van der Waals surface area (Å²) in [5.41, 5.74) is 0.193. The van der Waals surface area contributed by atoms with Gasteiger partial charge >= 0.3 is 11.8 Å². The van der Waals surface area contributed by atoms with Crippen molar-refractivity contribution in [2.24, 2.45) is 0 Å². The molecule has 1 heterocycles. The maximum Gasteiger partial charge on any atom is 0.312 e. The Morgan fingerprint density at radius 2 is 1.74 bits per heavy atom. The zero-order chi connectivity index (χ0) is 22.4. The quantitative estimate of drug-likeness (QED) is 0.681. The summed E-state index contributed by atoms with van der Waals surface area (Å²) in [5, 5.41) is 5.86. The smallest absolute Gasteiger partial charge is 0.312 e. The monoisotopic (exact) mass is 429 g/mol. The Morgan fingerprint density at radius 1 is 1.06 bits per heavy atom. The van der Waals surface area contributed by atoms with Gasteiger partial charge in [0.2, 0.25) is 5.91 Å². The molecule has 2 aliphatic rings. The predicted molar refractivity (Wildman–Crippen MR) is 118 cm³/mol. The van der Waals surface area contributed by atoms with E-state index in [1.807, 2.05) is 51.1 Å². The SMILES string of the molecule is CC(C)(C)NC(=O)[C@H](c1ccccc1)N(C[C@@H]1CCCO1)C(=O)C(=O)NC1CCCC1. The number of rotatable bonds is 6. The largest absolute Gasteiger partial charge is 0.376 e. The molecule has 2 atom stereocenters. The highest BCUT2D eigenvalue weighted by Crippen LogP contribution is 2.26. The number of ether oxygens (including phenoxy) is 1. The van der Waals surface area contributed by atoms with Gasteiger partial charge in [0.1, 0.15) is 6.04 Å². The first-order chi connectivity index (χ1) is 14.7. The fourth-order valence-corrected chi connectivity index (χ4v) is 4.31. The average molecular weight is 430 g/mol. The van der Waals surface area contributed by atoms with Crippen molar-refractivity contribution in [3.05, 3.63) is 35.9 Å². The molecular weight excluding hydrogens is 394 g/mol. The molecule has 1 saturated carbocycles. The highest BCUT2D eigenvalue weighted by Gasteiger charge is 2.38. The lowest BCUT2D eigenvalue weighted by Crippen LogP contribution is -2.54. The van der Waals surface area contributed by atoms with Gasteiger partial charge in [0, 0.05) is 24.7 Å². The van der Waals surface area contributed by atoms with Gasteiger partial charge in [-0.05, 0) is 52.0 Å². The van der Waals surface area contributed by atoms with Crippen molar-refractivity contribution in [1.29, 1.82) is 0 Å². The summed E-state index contributed by atoms with van der Waals surface area (Å²) in [7, 11) is 0. The highest BCUT2D eigenvalue weighted by atomic mass is 16.5. The molecule has 2 N–H and O–H groups in total. The minimum Gasteiger partial charge on any atom is -0.376 e. The average Bonchev–Trinajstić information content (AvgIpc) is 3.40. The van der Waals surface area contributed by atoms with E-state index in [-0.39, 0.29) is 24.6 Å². The molecular formula is C24H35N3O4. The number of hydrogen-bond acceptors (Lipinski definition) is 4. The third-order valence-electron chi connectivity index (χ3n) is 5.74. The van der Waals surface area contributed by atoms with Crippen LogP contribution in [0.4, 0.5) is 0 Å². The van der Waals surface area contributed by atoms with Crippen LogP contribution in [0.5, 0.6) is 0 Å². The molecule has 3 rings (SSSR count). The van der Waals surface area contributed by atoms with Gasteiger partial charge in [-0.1, -0.05) is 43.2 Å². The molecule has 1 saturated heterocycles. The van der Waals surface area contributed by atoms with Gasteiger partial charge in [0.15, 0.2) is 0 Å². The number of carbonyl (C=O) groups excluding carboxylic acids is 3. The van der Waals surface area contributed by atoms with E-state index in [1.165, 1.54) is 4.90 Å². The molecule has 0 radical (unpaired) electrons. The maximum absolute atomic E-state index is 13.4. The van der Waals surface area contributed by atoms with E-state index in [9.17, 15) is 14.4 Å². The predicted octanol–water partition coefficient (Wildman–Crippen LogP) is 2.71. The van der Waals surface area contributed by atoms with E-state index in [2.05, 4.69) is 10.6 Å². The van der Waals surface area contributed by atoms with Gasteiger partial charge in [-0.3, -0.25) is 14.4 Å². The molecule has 1 aromatic carbocycles. The standard InChI is InChI=1S/C24H35N3O4/c1-24(2,3)26-21(28)20(17-10-5-4-6-11-17)27(16-19-14-9-15-31-19)23(30)22(29)25-18-12-7-8-13-18/h4-6,10-11,18-20H,7-9,12-16H2,1-3H3,(H,25,29)(H,26,28)/t19-,20-/m0/s1. The number of carbonyl (C=O) groups is 3. The Hall–Kier alpha value is -2.41. The summed E-state index contributed by atoms with van der Waals surface area (Å²) in [6, 6.07) is 8.28. The van der Waals surface area contributed by atoms with E-state index in [1.54, 1.807) is 0 Å². The van der Waals surface area contributed by atoms with Gasteiger partial charge in [-0.25, -0.2) is 0 Å². The summed E-state index contributed by atoms with van der Waals surface area (Å²) in [5.74, 6) is -1.63. The number of benzene rings is 1. The third-order valence-corrected chi connectivity index (χ3v) is 5.74. The molecule has 0 bridgehead atoms. The van der Waals surface area contributed by atoms with Crippen LogP contribution in [-0.2, 0) is 19.1 Å². The molecule has 31 heavy (non-hydrogen) atoms. The van der Waals surface area contributed by atoms with Crippen LogP contribution in [0.15, 0.2) is 30.3 Å². The van der Waals surface area contributed by atoms with Crippen LogP contribution in [0.3, 0.4) is 0 Å². The van der Waals surface area contributed by atoms with Crippen molar-refractivity contribution in [3.8, 4) is 0 Å². The summed E-state index contributed by atoms with van der Waals surface area (Å²) in [4.78, 5) is 41.0. The van der Waals surface area contributed by atoms with E-state index in [0.717, 1.165) is 38.5 Å². The van der Waals surface area contributed by atoms with Crippen molar-refractivity contribution >= 4 is 17.7 Å². The Balaban J connectivity index is 1.90. The zero-order valence-corrected chi connectivity index (χ0v) is 18.9. The van der Waals surface area contributed by atoms with Crippen molar-refractivity contribution in [2.75, 3.05) is 13.2 Å². The molecule has 170 valence electrons. The van der Waals surface area contributed by atoms with E-state index in [0.29, 0.717) is 12.2 Å². The molecule has 0 unspecified atom stereocenters. The van der Waals surface area contributed by atoms with Crippen LogP contribution in [-0.4, -0.2) is 53.5 Å². The van der Waals surface area contributed by atoms with Crippen LogP contribution in [0.25, 0.3) is 0 Å². The van der Waals surface area contributed by atoms with Crippen LogP contribution in [0.1, 0.15) is 70.9 Å². The summed E-state index contributed by atoms with van der Waals surface area (Å²) in [6.07, 6.45) is 5.41. The maximum atomic E-state index is 13.4. The van der Waals surface area contributed by atoms with Crippen LogP contribution in [0, 0.1) is 0 Å². The first-order valence-electron chi connectivity index (χ1n) is 11.3. The van der Waals surface area contributed by atoms with E-state index >= 15 is 0 Å². The molecule has 2 fully saturated rings. The van der Waals surface area contributed by atoms with E-state index < -0.39 is 23.4 Å². The normalized spacial score (nSPS) is 20.3. The lowest BCUT2D eigenvalue weighted by atomic mass is 10.0. The van der Waals surface area contributed by atoms with Gasteiger partial charge in [-0.15, -0.1) is 0 Å². The van der Waals surface area contributed by atoms with Crippen LogP contribution >= 0.6 is 0 Å². The van der Waals surface area contributed by atoms with Gasteiger partial charge in [0.05, 0.1) is 6.10 Å². The molecule has 7 nitrogen and oxygen atoms in total. The zero-order valence-electron chi connectivity index (χ0n) is 18.9. The highest BCUT2D eigenvalue weighted by molar-refractivity contribution is 6.35. The van der Waals surface area contributed by atoms with Crippen molar-refractivity contribution in [3.63, 3.8) is 0 Å². The van der Waals surface area contributed by atoms with Crippen molar-refractivity contribution in [2.45, 2.75) is 83.0 Å². The molecule has 1 aliphatic carbocycles. The fourth-order valence-electron chi connectivity index (χ4n) is 4.31. The molecule has 7 heteroatoms. The number of amides is 3. The summed E-state index contributed by atoms with van der Waals surface area (Å²) in [6.45, 7) is 6.52. The van der Waals surface area contributed by atoms with Crippen LogP contribution < -0.4 is 10.6 Å². The second-order valence-corrected chi connectivity index (χ2v) is 9.60.